The van der Waals surface area contributed by atoms with Gasteiger partial charge in [-0.1, -0.05) is 6.92 Å². The average molecular weight is 268 g/mol. The normalized spacial score (nSPS) is 38.3. The van der Waals surface area contributed by atoms with Gasteiger partial charge in [0.05, 0.1) is 5.41 Å². The van der Waals surface area contributed by atoms with E-state index in [0.717, 1.165) is 51.9 Å². The minimum atomic E-state index is -0.578. The molecule has 2 aliphatic rings. The van der Waals surface area contributed by atoms with Crippen molar-refractivity contribution < 1.29 is 9.90 Å². The van der Waals surface area contributed by atoms with Crippen molar-refractivity contribution in [1.82, 2.24) is 9.80 Å². The van der Waals surface area contributed by atoms with Crippen molar-refractivity contribution in [3.05, 3.63) is 0 Å². The van der Waals surface area contributed by atoms with Crippen LogP contribution in [-0.2, 0) is 4.79 Å². The molecule has 1 heterocycles. The first kappa shape index (κ1) is 14.8. The lowest BCUT2D eigenvalue weighted by molar-refractivity contribution is -0.153. The van der Waals surface area contributed by atoms with E-state index in [1.807, 2.05) is 0 Å². The molecule has 0 aromatic carbocycles. The summed E-state index contributed by atoms with van der Waals surface area (Å²) in [4.78, 5) is 16.5. The highest BCUT2D eigenvalue weighted by Gasteiger charge is 2.43. The summed E-state index contributed by atoms with van der Waals surface area (Å²) < 4.78 is 0. The van der Waals surface area contributed by atoms with Crippen LogP contribution in [0.4, 0.5) is 0 Å². The van der Waals surface area contributed by atoms with Crippen LogP contribution in [0, 0.1) is 11.3 Å². The Morgan fingerprint density at radius 1 is 1.26 bits per heavy atom. The lowest BCUT2D eigenvalue weighted by atomic mass is 9.70. The Kier molecular flexibility index (Phi) is 4.51. The first-order valence-electron chi connectivity index (χ1n) is 7.59. The van der Waals surface area contributed by atoms with Gasteiger partial charge in [-0.2, -0.15) is 0 Å². The van der Waals surface area contributed by atoms with E-state index >= 15 is 0 Å². The van der Waals surface area contributed by atoms with Gasteiger partial charge in [0, 0.05) is 32.2 Å². The van der Waals surface area contributed by atoms with Crippen LogP contribution in [-0.4, -0.2) is 60.1 Å². The van der Waals surface area contributed by atoms with E-state index in [4.69, 9.17) is 0 Å². The van der Waals surface area contributed by atoms with Crippen LogP contribution in [0.15, 0.2) is 0 Å². The number of carboxylic acid groups (broad SMARTS) is 1. The molecule has 1 unspecified atom stereocenters. The van der Waals surface area contributed by atoms with Gasteiger partial charge in [-0.05, 0) is 45.6 Å². The van der Waals surface area contributed by atoms with Crippen molar-refractivity contribution in [2.45, 2.75) is 45.6 Å². The Hall–Kier alpha value is -0.610. The zero-order chi connectivity index (χ0) is 14.0. The number of carboxylic acids is 1. The monoisotopic (exact) mass is 268 g/mol. The molecule has 4 nitrogen and oxygen atoms in total. The molecule has 1 atom stereocenters. The highest BCUT2D eigenvalue weighted by molar-refractivity contribution is 5.75. The summed E-state index contributed by atoms with van der Waals surface area (Å²) in [7, 11) is 2.15. The Balaban J connectivity index is 1.99. The third-order valence-corrected chi connectivity index (χ3v) is 5.26. The fraction of sp³-hybridized carbons (Fsp3) is 0.933. The summed E-state index contributed by atoms with van der Waals surface area (Å²) in [6.07, 6.45) is 3.83. The van der Waals surface area contributed by atoms with Gasteiger partial charge in [-0.3, -0.25) is 9.69 Å². The van der Waals surface area contributed by atoms with Gasteiger partial charge in [-0.15, -0.1) is 0 Å². The van der Waals surface area contributed by atoms with Crippen molar-refractivity contribution in [1.29, 1.82) is 0 Å². The fourth-order valence-corrected chi connectivity index (χ4v) is 3.45. The molecular formula is C15H28N2O2. The maximum absolute atomic E-state index is 11.8. The summed E-state index contributed by atoms with van der Waals surface area (Å²) >= 11 is 0. The second-order valence-corrected chi connectivity index (χ2v) is 6.83. The number of nitrogens with zero attached hydrogens (tertiary/aromatic N) is 2. The van der Waals surface area contributed by atoms with Gasteiger partial charge >= 0.3 is 5.97 Å². The van der Waals surface area contributed by atoms with E-state index in [1.54, 1.807) is 0 Å². The standard InChI is InChI=1S/C15H28N2O2/c1-12-4-6-15(7-5-12,14(18)19)11-17-9-8-16(3)13(2)10-17/h12-13H,4-11H2,1-3H3,(H,18,19). The molecule has 0 aromatic rings. The van der Waals surface area contributed by atoms with Gasteiger partial charge in [0.15, 0.2) is 0 Å². The summed E-state index contributed by atoms with van der Waals surface area (Å²) in [6.45, 7) is 8.26. The molecule has 0 aromatic heterocycles. The molecule has 0 spiro atoms. The van der Waals surface area contributed by atoms with Crippen LogP contribution in [0.3, 0.4) is 0 Å². The molecule has 4 heteroatoms. The molecule has 19 heavy (non-hydrogen) atoms. The number of hydrogen-bond acceptors (Lipinski definition) is 3. The molecule has 2 rings (SSSR count). The van der Waals surface area contributed by atoms with Crippen LogP contribution in [0.25, 0.3) is 0 Å². The number of hydrogen-bond donors (Lipinski definition) is 1. The van der Waals surface area contributed by atoms with E-state index in [-0.39, 0.29) is 0 Å². The van der Waals surface area contributed by atoms with Crippen molar-refractivity contribution in [3.8, 4) is 0 Å². The van der Waals surface area contributed by atoms with Crippen molar-refractivity contribution in [2.75, 3.05) is 33.2 Å². The number of carbonyl (C=O) groups is 1. The Morgan fingerprint density at radius 3 is 2.42 bits per heavy atom. The molecule has 0 amide bonds. The fourth-order valence-electron chi connectivity index (χ4n) is 3.45. The topological polar surface area (TPSA) is 43.8 Å². The van der Waals surface area contributed by atoms with E-state index in [1.165, 1.54) is 0 Å². The van der Waals surface area contributed by atoms with Gasteiger partial charge < -0.3 is 10.0 Å². The predicted octanol–water partition coefficient (Wildman–Crippen LogP) is 1.90. The molecule has 1 saturated heterocycles. The quantitative estimate of drug-likeness (QED) is 0.849. The third kappa shape index (κ3) is 3.29. The Bertz CT molecular complexity index is 324. The first-order valence-corrected chi connectivity index (χ1v) is 7.59. The van der Waals surface area contributed by atoms with Crippen molar-refractivity contribution in [2.24, 2.45) is 11.3 Å². The van der Waals surface area contributed by atoms with E-state index in [0.29, 0.717) is 12.0 Å². The molecular weight excluding hydrogens is 240 g/mol. The predicted molar refractivity (Wildman–Crippen MR) is 76.2 cm³/mol. The van der Waals surface area contributed by atoms with Gasteiger partial charge in [-0.25, -0.2) is 0 Å². The lowest BCUT2D eigenvalue weighted by Gasteiger charge is -2.44. The number of likely N-dealkylation sites (N-methyl/N-ethyl adjacent to an activating group) is 1. The molecule has 1 aliphatic heterocycles. The van der Waals surface area contributed by atoms with Gasteiger partial charge in [0.1, 0.15) is 0 Å². The van der Waals surface area contributed by atoms with Crippen molar-refractivity contribution >= 4 is 5.97 Å². The highest BCUT2D eigenvalue weighted by atomic mass is 16.4. The highest BCUT2D eigenvalue weighted by Crippen LogP contribution is 2.40. The summed E-state index contributed by atoms with van der Waals surface area (Å²) in [6, 6.07) is 0.530. The SMILES string of the molecule is CC1CCC(CN2CCN(C)C(C)C2)(C(=O)O)CC1. The Morgan fingerprint density at radius 2 is 1.89 bits per heavy atom. The molecule has 0 radical (unpaired) electrons. The minimum absolute atomic E-state index is 0.484. The van der Waals surface area contributed by atoms with E-state index < -0.39 is 11.4 Å². The maximum atomic E-state index is 11.8. The number of aliphatic carboxylic acids is 1. The van der Waals surface area contributed by atoms with Gasteiger partial charge in [0.2, 0.25) is 0 Å². The summed E-state index contributed by atoms with van der Waals surface area (Å²) in [5.41, 5.74) is -0.484. The Labute approximate surface area is 116 Å². The summed E-state index contributed by atoms with van der Waals surface area (Å²) in [5, 5.41) is 9.69. The van der Waals surface area contributed by atoms with E-state index in [2.05, 4.69) is 30.7 Å². The maximum Gasteiger partial charge on any atom is 0.310 e. The zero-order valence-electron chi connectivity index (χ0n) is 12.6. The molecule has 1 aliphatic carbocycles. The second-order valence-electron chi connectivity index (χ2n) is 6.83. The molecule has 2 fully saturated rings. The zero-order valence-corrected chi connectivity index (χ0v) is 12.6. The lowest BCUT2D eigenvalue weighted by Crippen LogP contribution is -2.54. The van der Waals surface area contributed by atoms with Crippen LogP contribution < -0.4 is 0 Å². The van der Waals surface area contributed by atoms with Crippen LogP contribution >= 0.6 is 0 Å². The average Bonchev–Trinajstić information content (AvgIpc) is 2.37. The van der Waals surface area contributed by atoms with Crippen LogP contribution in [0.1, 0.15) is 39.5 Å². The third-order valence-electron chi connectivity index (χ3n) is 5.26. The van der Waals surface area contributed by atoms with Crippen LogP contribution in [0.2, 0.25) is 0 Å². The number of rotatable bonds is 3. The minimum Gasteiger partial charge on any atom is -0.481 e. The summed E-state index contributed by atoms with van der Waals surface area (Å²) in [5.74, 6) is 0.116. The van der Waals surface area contributed by atoms with Gasteiger partial charge in [0.25, 0.3) is 0 Å². The smallest absolute Gasteiger partial charge is 0.310 e. The van der Waals surface area contributed by atoms with E-state index in [9.17, 15) is 9.90 Å². The molecule has 0 bridgehead atoms. The van der Waals surface area contributed by atoms with Crippen LogP contribution in [0.5, 0.6) is 0 Å². The second kappa shape index (κ2) is 5.80. The molecule has 110 valence electrons. The first-order chi connectivity index (χ1) is 8.93. The molecule has 1 saturated carbocycles. The van der Waals surface area contributed by atoms with Crippen molar-refractivity contribution in [3.63, 3.8) is 0 Å². The number of piperazine rings is 1. The molecule has 1 N–H and O–H groups in total. The largest absolute Gasteiger partial charge is 0.481 e.